The van der Waals surface area contributed by atoms with Crippen LogP contribution >= 0.6 is 0 Å². The highest BCUT2D eigenvalue weighted by molar-refractivity contribution is 4.94. The molecule has 0 radical (unpaired) electrons. The minimum absolute atomic E-state index is 0.518. The molecule has 0 aromatic carbocycles. The summed E-state index contributed by atoms with van der Waals surface area (Å²) in [6, 6.07) is 1.59. The molecule has 2 heteroatoms. The van der Waals surface area contributed by atoms with Crippen LogP contribution in [0.15, 0.2) is 0 Å². The summed E-state index contributed by atoms with van der Waals surface area (Å²) in [5.74, 6) is 0. The lowest BCUT2D eigenvalue weighted by Gasteiger charge is -2.50. The molecule has 0 atom stereocenters. The van der Waals surface area contributed by atoms with Crippen molar-refractivity contribution in [2.75, 3.05) is 19.6 Å². The van der Waals surface area contributed by atoms with Gasteiger partial charge in [-0.15, -0.1) is 0 Å². The molecule has 0 aromatic rings. The van der Waals surface area contributed by atoms with Crippen LogP contribution in [0.25, 0.3) is 0 Å². The lowest BCUT2D eigenvalue weighted by Crippen LogP contribution is -2.51. The first-order valence-electron chi connectivity index (χ1n) is 8.79. The molecule has 20 heavy (non-hydrogen) atoms. The molecule has 1 saturated heterocycles. The summed E-state index contributed by atoms with van der Waals surface area (Å²) in [5, 5.41) is 3.70. The van der Waals surface area contributed by atoms with Crippen LogP contribution in [-0.4, -0.2) is 36.6 Å². The van der Waals surface area contributed by atoms with Crippen LogP contribution in [0.4, 0.5) is 0 Å². The number of nitrogens with one attached hydrogen (secondary N) is 1. The summed E-state index contributed by atoms with van der Waals surface area (Å²) in [7, 11) is 0. The summed E-state index contributed by atoms with van der Waals surface area (Å²) < 4.78 is 0. The molecule has 0 amide bonds. The molecule has 118 valence electrons. The monoisotopic (exact) mass is 280 g/mol. The van der Waals surface area contributed by atoms with Crippen LogP contribution in [-0.2, 0) is 0 Å². The number of hydrogen-bond donors (Lipinski definition) is 1. The summed E-state index contributed by atoms with van der Waals surface area (Å²) in [4.78, 5) is 2.80. The van der Waals surface area contributed by atoms with E-state index in [0.717, 1.165) is 12.1 Å². The lowest BCUT2D eigenvalue weighted by molar-refractivity contribution is 0.0127. The maximum Gasteiger partial charge on any atom is 0.0105 e. The predicted molar refractivity (Wildman–Crippen MR) is 88.1 cm³/mol. The minimum atomic E-state index is 0.518. The first-order chi connectivity index (χ1) is 9.31. The van der Waals surface area contributed by atoms with Gasteiger partial charge in [-0.05, 0) is 69.0 Å². The molecule has 0 bridgehead atoms. The Morgan fingerprint density at radius 3 is 2.05 bits per heavy atom. The van der Waals surface area contributed by atoms with Gasteiger partial charge in [0.1, 0.15) is 0 Å². The topological polar surface area (TPSA) is 15.3 Å². The Kier molecular flexibility index (Phi) is 5.18. The van der Waals surface area contributed by atoms with E-state index in [9.17, 15) is 0 Å². The quantitative estimate of drug-likeness (QED) is 0.835. The fourth-order valence-corrected chi connectivity index (χ4v) is 4.86. The van der Waals surface area contributed by atoms with Crippen molar-refractivity contribution in [2.24, 2.45) is 10.8 Å². The van der Waals surface area contributed by atoms with E-state index in [1.807, 2.05) is 0 Å². The molecule has 1 saturated carbocycles. The number of piperidine rings is 1. The van der Waals surface area contributed by atoms with Gasteiger partial charge in [0.15, 0.2) is 0 Å². The largest absolute Gasteiger partial charge is 0.314 e. The first-order valence-corrected chi connectivity index (χ1v) is 8.79. The van der Waals surface area contributed by atoms with Crippen molar-refractivity contribution in [1.29, 1.82) is 0 Å². The van der Waals surface area contributed by atoms with Crippen LogP contribution in [0.3, 0.4) is 0 Å². The minimum Gasteiger partial charge on any atom is -0.314 e. The van der Waals surface area contributed by atoms with Gasteiger partial charge in [-0.1, -0.05) is 34.6 Å². The Balaban J connectivity index is 1.86. The van der Waals surface area contributed by atoms with Gasteiger partial charge in [0.05, 0.1) is 0 Å². The molecule has 2 aliphatic rings. The molecule has 0 unspecified atom stereocenters. The smallest absolute Gasteiger partial charge is 0.0105 e. The summed E-state index contributed by atoms with van der Waals surface area (Å²) >= 11 is 0. The van der Waals surface area contributed by atoms with E-state index < -0.39 is 0 Å². The molecule has 1 aliphatic heterocycles. The standard InChI is InChI=1S/C18H36N2/c1-6-9-19-15-7-10-20(11-8-15)16-12-17(2,3)14-18(4,5)13-16/h15-16,19H,6-14H2,1-5H3. The number of hydrogen-bond acceptors (Lipinski definition) is 2. The van der Waals surface area contributed by atoms with Crippen molar-refractivity contribution in [1.82, 2.24) is 10.2 Å². The summed E-state index contributed by atoms with van der Waals surface area (Å²) in [6.45, 7) is 15.9. The van der Waals surface area contributed by atoms with Crippen molar-refractivity contribution in [3.8, 4) is 0 Å². The van der Waals surface area contributed by atoms with E-state index in [2.05, 4.69) is 44.8 Å². The average molecular weight is 280 g/mol. The second kappa shape index (κ2) is 6.36. The van der Waals surface area contributed by atoms with Crippen LogP contribution in [0.1, 0.15) is 73.1 Å². The van der Waals surface area contributed by atoms with Crippen LogP contribution < -0.4 is 5.32 Å². The molecule has 2 fully saturated rings. The molecule has 2 nitrogen and oxygen atoms in total. The Labute approximate surface area is 126 Å². The lowest BCUT2D eigenvalue weighted by atomic mass is 9.63. The highest BCUT2D eigenvalue weighted by Gasteiger charge is 2.41. The number of rotatable bonds is 4. The van der Waals surface area contributed by atoms with Crippen LogP contribution in [0.2, 0.25) is 0 Å². The van der Waals surface area contributed by atoms with E-state index in [0.29, 0.717) is 10.8 Å². The molecule has 0 spiro atoms. The SMILES string of the molecule is CCCNC1CCN(C2CC(C)(C)CC(C)(C)C2)CC1. The second-order valence-corrected chi connectivity index (χ2v) is 8.83. The molecular weight excluding hydrogens is 244 g/mol. The van der Waals surface area contributed by atoms with Gasteiger partial charge in [-0.25, -0.2) is 0 Å². The van der Waals surface area contributed by atoms with Gasteiger partial charge in [0, 0.05) is 12.1 Å². The van der Waals surface area contributed by atoms with Crippen LogP contribution in [0, 0.1) is 10.8 Å². The summed E-state index contributed by atoms with van der Waals surface area (Å²) in [6.07, 6.45) is 8.11. The van der Waals surface area contributed by atoms with Gasteiger partial charge < -0.3 is 10.2 Å². The molecule has 1 aliphatic carbocycles. The zero-order valence-electron chi connectivity index (χ0n) is 14.5. The molecule has 0 aromatic heterocycles. The Morgan fingerprint density at radius 2 is 1.55 bits per heavy atom. The van der Waals surface area contributed by atoms with E-state index >= 15 is 0 Å². The third-order valence-electron chi connectivity index (χ3n) is 5.26. The molecular formula is C18H36N2. The number of likely N-dealkylation sites (tertiary alicyclic amines) is 1. The third-order valence-corrected chi connectivity index (χ3v) is 5.26. The van der Waals surface area contributed by atoms with E-state index in [4.69, 9.17) is 0 Å². The fourth-order valence-electron chi connectivity index (χ4n) is 4.86. The zero-order chi connectivity index (χ0) is 14.8. The second-order valence-electron chi connectivity index (χ2n) is 8.83. The average Bonchev–Trinajstić information content (AvgIpc) is 2.33. The van der Waals surface area contributed by atoms with Gasteiger partial charge in [-0.2, -0.15) is 0 Å². The Bertz CT molecular complexity index is 285. The van der Waals surface area contributed by atoms with E-state index in [-0.39, 0.29) is 0 Å². The molecule has 1 N–H and O–H groups in total. The van der Waals surface area contributed by atoms with Crippen LogP contribution in [0.5, 0.6) is 0 Å². The Morgan fingerprint density at radius 1 is 1.00 bits per heavy atom. The summed E-state index contributed by atoms with van der Waals surface area (Å²) in [5.41, 5.74) is 1.04. The van der Waals surface area contributed by atoms with Gasteiger partial charge in [0.2, 0.25) is 0 Å². The van der Waals surface area contributed by atoms with Gasteiger partial charge in [-0.3, -0.25) is 0 Å². The van der Waals surface area contributed by atoms with Gasteiger partial charge in [0.25, 0.3) is 0 Å². The van der Waals surface area contributed by atoms with Crippen molar-refractivity contribution in [2.45, 2.75) is 85.2 Å². The van der Waals surface area contributed by atoms with Crippen molar-refractivity contribution < 1.29 is 0 Å². The first kappa shape index (κ1) is 16.3. The van der Waals surface area contributed by atoms with E-state index in [1.54, 1.807) is 0 Å². The molecule has 2 rings (SSSR count). The van der Waals surface area contributed by atoms with Crippen molar-refractivity contribution in [3.63, 3.8) is 0 Å². The van der Waals surface area contributed by atoms with Crippen molar-refractivity contribution in [3.05, 3.63) is 0 Å². The predicted octanol–water partition coefficient (Wildman–Crippen LogP) is 4.06. The van der Waals surface area contributed by atoms with Gasteiger partial charge >= 0.3 is 0 Å². The normalized spacial score (nSPS) is 28.6. The maximum absolute atomic E-state index is 3.70. The zero-order valence-corrected chi connectivity index (χ0v) is 14.5. The molecule has 1 heterocycles. The van der Waals surface area contributed by atoms with E-state index in [1.165, 1.54) is 58.2 Å². The number of nitrogens with zero attached hydrogens (tertiary/aromatic N) is 1. The maximum atomic E-state index is 3.70. The fraction of sp³-hybridized carbons (Fsp3) is 1.00. The Hall–Kier alpha value is -0.0800. The highest BCUT2D eigenvalue weighted by Crippen LogP contribution is 2.47. The highest BCUT2D eigenvalue weighted by atomic mass is 15.2. The van der Waals surface area contributed by atoms with Crippen molar-refractivity contribution >= 4 is 0 Å². The third kappa shape index (κ3) is 4.46.